The topological polar surface area (TPSA) is 49.3 Å². The van der Waals surface area contributed by atoms with Gasteiger partial charge in [-0.25, -0.2) is 9.97 Å². The number of hydrogen-bond acceptors (Lipinski definition) is 5. The average Bonchev–Trinajstić information content (AvgIpc) is 3.53. The molecule has 1 aromatic carbocycles. The highest BCUT2D eigenvalue weighted by molar-refractivity contribution is 7.18. The number of aromatic nitrogens is 2. The van der Waals surface area contributed by atoms with Crippen molar-refractivity contribution in [2.45, 2.75) is 39.5 Å². The van der Waals surface area contributed by atoms with Crippen LogP contribution in [0.2, 0.25) is 0 Å². The summed E-state index contributed by atoms with van der Waals surface area (Å²) in [6.45, 7) is 9.43. The van der Waals surface area contributed by atoms with Gasteiger partial charge in [0.1, 0.15) is 16.5 Å². The lowest BCUT2D eigenvalue weighted by Crippen LogP contribution is -2.49. The fraction of sp³-hybridized carbons (Fsp3) is 0.435. The van der Waals surface area contributed by atoms with E-state index >= 15 is 0 Å². The minimum atomic E-state index is 0.127. The molecule has 5 rings (SSSR count). The van der Waals surface area contributed by atoms with Crippen LogP contribution < -0.4 is 4.90 Å². The van der Waals surface area contributed by atoms with Crippen LogP contribution in [0.4, 0.5) is 5.82 Å². The first-order valence-electron chi connectivity index (χ1n) is 10.4. The Morgan fingerprint density at radius 3 is 2.52 bits per heavy atom. The van der Waals surface area contributed by atoms with Gasteiger partial charge in [-0.15, -0.1) is 11.3 Å². The second-order valence-corrected chi connectivity index (χ2v) is 9.50. The first kappa shape index (κ1) is 18.6. The van der Waals surface area contributed by atoms with Gasteiger partial charge in [-0.1, -0.05) is 17.7 Å². The minimum absolute atomic E-state index is 0.127. The van der Waals surface area contributed by atoms with Gasteiger partial charge in [0.25, 0.3) is 5.91 Å². The molecule has 1 aliphatic carbocycles. The number of amides is 1. The van der Waals surface area contributed by atoms with Crippen molar-refractivity contribution >= 4 is 33.3 Å². The maximum absolute atomic E-state index is 12.9. The number of nitrogens with zero attached hydrogens (tertiary/aromatic N) is 4. The largest absolute Gasteiger partial charge is 0.352 e. The summed E-state index contributed by atoms with van der Waals surface area (Å²) in [5.41, 5.74) is 3.19. The molecule has 0 spiro atoms. The van der Waals surface area contributed by atoms with Crippen molar-refractivity contribution in [2.24, 2.45) is 0 Å². The highest BCUT2D eigenvalue weighted by Crippen LogP contribution is 2.42. The molecule has 0 unspecified atom stereocenters. The maximum atomic E-state index is 12.9. The molecule has 1 amide bonds. The van der Waals surface area contributed by atoms with Gasteiger partial charge in [-0.3, -0.25) is 4.79 Å². The lowest BCUT2D eigenvalue weighted by Gasteiger charge is -2.36. The highest BCUT2D eigenvalue weighted by atomic mass is 32.1. The molecule has 2 aliphatic rings. The van der Waals surface area contributed by atoms with Gasteiger partial charge in [0.15, 0.2) is 0 Å². The molecule has 1 saturated heterocycles. The Kier molecular flexibility index (Phi) is 4.54. The molecule has 2 fully saturated rings. The van der Waals surface area contributed by atoms with E-state index in [1.54, 1.807) is 11.3 Å². The first-order valence-corrected chi connectivity index (χ1v) is 11.2. The molecular weight excluding hydrogens is 380 g/mol. The molecule has 3 aromatic rings. The summed E-state index contributed by atoms with van der Waals surface area (Å²) in [6.07, 6.45) is 2.40. The molecule has 6 heteroatoms. The predicted octanol–water partition coefficient (Wildman–Crippen LogP) is 4.46. The van der Waals surface area contributed by atoms with Crippen LogP contribution in [0.3, 0.4) is 0 Å². The normalized spacial score (nSPS) is 17.2. The second kappa shape index (κ2) is 7.10. The molecule has 1 saturated carbocycles. The third kappa shape index (κ3) is 3.39. The standard InChI is InChI=1S/C23H26N4OS/c1-14-5-4-6-18(13-14)23(28)27-11-9-26(10-12-27)21-19-15(2)16(3)29-22(19)25-20(24-21)17-7-8-17/h4-6,13,17H,7-12H2,1-3H3. The van der Waals surface area contributed by atoms with Gasteiger partial charge in [0.05, 0.1) is 5.39 Å². The van der Waals surface area contributed by atoms with Gasteiger partial charge in [0.2, 0.25) is 0 Å². The Balaban J connectivity index is 1.40. The van der Waals surface area contributed by atoms with Crippen molar-refractivity contribution in [3.8, 4) is 0 Å². The summed E-state index contributed by atoms with van der Waals surface area (Å²) < 4.78 is 0. The van der Waals surface area contributed by atoms with Crippen LogP contribution >= 0.6 is 11.3 Å². The number of benzene rings is 1. The zero-order valence-electron chi connectivity index (χ0n) is 17.2. The molecule has 0 radical (unpaired) electrons. The SMILES string of the molecule is Cc1cccc(C(=O)N2CCN(c3nc(C4CC4)nc4sc(C)c(C)c34)CC2)c1. The number of piperazine rings is 1. The van der Waals surface area contributed by atoms with Gasteiger partial charge in [-0.05, 0) is 51.3 Å². The van der Waals surface area contributed by atoms with Crippen LogP contribution in [0.5, 0.6) is 0 Å². The number of carbonyl (C=O) groups is 1. The number of fused-ring (bicyclic) bond motifs is 1. The van der Waals surface area contributed by atoms with E-state index < -0.39 is 0 Å². The van der Waals surface area contributed by atoms with Gasteiger partial charge in [-0.2, -0.15) is 0 Å². The van der Waals surface area contributed by atoms with Crippen molar-refractivity contribution in [1.29, 1.82) is 0 Å². The van der Waals surface area contributed by atoms with Crippen LogP contribution in [-0.2, 0) is 0 Å². The number of anilines is 1. The fourth-order valence-corrected chi connectivity index (χ4v) is 5.11. The Morgan fingerprint density at radius 1 is 1.07 bits per heavy atom. The van der Waals surface area contributed by atoms with E-state index in [2.05, 4.69) is 18.7 Å². The Hall–Kier alpha value is -2.47. The smallest absolute Gasteiger partial charge is 0.253 e. The van der Waals surface area contributed by atoms with E-state index in [0.29, 0.717) is 5.92 Å². The fourth-order valence-electron chi connectivity index (χ4n) is 4.08. The molecule has 150 valence electrons. The van der Waals surface area contributed by atoms with E-state index in [1.165, 1.54) is 28.7 Å². The van der Waals surface area contributed by atoms with E-state index in [1.807, 2.05) is 36.1 Å². The summed E-state index contributed by atoms with van der Waals surface area (Å²) in [5.74, 6) is 2.74. The number of thiophene rings is 1. The van der Waals surface area contributed by atoms with E-state index in [0.717, 1.165) is 53.8 Å². The molecule has 5 nitrogen and oxygen atoms in total. The third-order valence-corrected chi connectivity index (χ3v) is 7.20. The Labute approximate surface area is 175 Å². The Bertz CT molecular complexity index is 1090. The summed E-state index contributed by atoms with van der Waals surface area (Å²) in [5, 5.41) is 1.20. The van der Waals surface area contributed by atoms with Gasteiger partial charge < -0.3 is 9.80 Å². The number of carbonyl (C=O) groups excluding carboxylic acids is 1. The average molecular weight is 407 g/mol. The molecule has 0 N–H and O–H groups in total. The third-order valence-electron chi connectivity index (χ3n) is 6.10. The number of rotatable bonds is 3. The molecule has 0 atom stereocenters. The lowest BCUT2D eigenvalue weighted by atomic mass is 10.1. The summed E-state index contributed by atoms with van der Waals surface area (Å²) in [4.78, 5) is 29.6. The first-order chi connectivity index (χ1) is 14.0. The van der Waals surface area contributed by atoms with Gasteiger partial charge in [0, 0.05) is 42.5 Å². The number of aryl methyl sites for hydroxylation is 3. The molecule has 1 aliphatic heterocycles. The molecule has 2 aromatic heterocycles. The molecule has 0 bridgehead atoms. The van der Waals surface area contributed by atoms with Crippen LogP contribution in [0.15, 0.2) is 24.3 Å². The van der Waals surface area contributed by atoms with Gasteiger partial charge >= 0.3 is 0 Å². The monoisotopic (exact) mass is 406 g/mol. The second-order valence-electron chi connectivity index (χ2n) is 8.29. The summed E-state index contributed by atoms with van der Waals surface area (Å²) in [6, 6.07) is 7.87. The van der Waals surface area contributed by atoms with E-state index in [4.69, 9.17) is 9.97 Å². The van der Waals surface area contributed by atoms with Crippen molar-refractivity contribution < 1.29 is 4.79 Å². The quantitative estimate of drug-likeness (QED) is 0.644. The van der Waals surface area contributed by atoms with Crippen molar-refractivity contribution in [3.63, 3.8) is 0 Å². The van der Waals surface area contributed by atoms with Crippen molar-refractivity contribution in [3.05, 3.63) is 51.7 Å². The number of hydrogen-bond donors (Lipinski definition) is 0. The van der Waals surface area contributed by atoms with Crippen molar-refractivity contribution in [1.82, 2.24) is 14.9 Å². The molecular formula is C23H26N4OS. The molecule has 29 heavy (non-hydrogen) atoms. The van der Waals surface area contributed by atoms with Crippen LogP contribution in [0, 0.1) is 20.8 Å². The molecule has 3 heterocycles. The van der Waals surface area contributed by atoms with Crippen LogP contribution in [0.1, 0.15) is 50.9 Å². The minimum Gasteiger partial charge on any atom is -0.352 e. The lowest BCUT2D eigenvalue weighted by molar-refractivity contribution is 0.0746. The van der Waals surface area contributed by atoms with Crippen LogP contribution in [0.25, 0.3) is 10.2 Å². The summed E-state index contributed by atoms with van der Waals surface area (Å²) >= 11 is 1.78. The predicted molar refractivity (Wildman–Crippen MR) is 118 cm³/mol. The van der Waals surface area contributed by atoms with Crippen LogP contribution in [-0.4, -0.2) is 47.0 Å². The van der Waals surface area contributed by atoms with Crippen molar-refractivity contribution in [2.75, 3.05) is 31.1 Å². The maximum Gasteiger partial charge on any atom is 0.253 e. The Morgan fingerprint density at radius 2 is 1.83 bits per heavy atom. The van der Waals surface area contributed by atoms with E-state index in [9.17, 15) is 4.79 Å². The zero-order chi connectivity index (χ0) is 20.1. The van der Waals surface area contributed by atoms with E-state index in [-0.39, 0.29) is 5.91 Å². The zero-order valence-corrected chi connectivity index (χ0v) is 18.1. The highest BCUT2D eigenvalue weighted by Gasteiger charge is 2.31. The summed E-state index contributed by atoms with van der Waals surface area (Å²) in [7, 11) is 0.